The van der Waals surface area contributed by atoms with E-state index in [4.69, 9.17) is 0 Å². The zero-order chi connectivity index (χ0) is 14.6. The lowest BCUT2D eigenvalue weighted by Gasteiger charge is -2.10. The molecule has 0 atom stereocenters. The summed E-state index contributed by atoms with van der Waals surface area (Å²) in [7, 11) is -2.02. The molecule has 20 heavy (non-hydrogen) atoms. The highest BCUT2D eigenvalue weighted by molar-refractivity contribution is 7.99. The number of sulfonamides is 1. The summed E-state index contributed by atoms with van der Waals surface area (Å²) in [6.07, 6.45) is 4.42. The minimum absolute atomic E-state index is 0.0207. The second-order valence-electron chi connectivity index (χ2n) is 3.80. The smallest absolute Gasteiger partial charge is 0.265 e. The van der Waals surface area contributed by atoms with Crippen molar-refractivity contribution in [2.75, 3.05) is 23.3 Å². The Labute approximate surface area is 122 Å². The first-order valence-corrected chi connectivity index (χ1v) is 8.43. The summed E-state index contributed by atoms with van der Waals surface area (Å²) in [4.78, 5) is 8.67. The molecule has 1 aromatic heterocycles. The molecule has 0 unspecified atom stereocenters. The fourth-order valence-electron chi connectivity index (χ4n) is 1.52. The van der Waals surface area contributed by atoms with Gasteiger partial charge in [-0.3, -0.25) is 4.72 Å². The Morgan fingerprint density at radius 3 is 2.40 bits per heavy atom. The van der Waals surface area contributed by atoms with Crippen molar-refractivity contribution in [2.24, 2.45) is 0 Å². The molecule has 2 N–H and O–H groups in total. The van der Waals surface area contributed by atoms with Crippen LogP contribution in [0, 0.1) is 0 Å². The molecule has 2 rings (SSSR count). The van der Waals surface area contributed by atoms with Crippen LogP contribution in [0.25, 0.3) is 0 Å². The number of anilines is 2. The zero-order valence-electron chi connectivity index (χ0n) is 11.0. The van der Waals surface area contributed by atoms with Crippen LogP contribution in [0.3, 0.4) is 0 Å². The van der Waals surface area contributed by atoms with Gasteiger partial charge in [0.15, 0.2) is 0 Å². The van der Waals surface area contributed by atoms with Gasteiger partial charge in [0.2, 0.25) is 5.95 Å². The Balaban J connectivity index is 2.30. The van der Waals surface area contributed by atoms with Gasteiger partial charge in [-0.05, 0) is 18.4 Å². The van der Waals surface area contributed by atoms with Crippen molar-refractivity contribution in [1.82, 2.24) is 9.97 Å². The average Bonchev–Trinajstić information content (AvgIpc) is 2.47. The number of benzene rings is 1. The molecule has 106 valence electrons. The third-order valence-corrected chi connectivity index (χ3v) is 4.63. The van der Waals surface area contributed by atoms with Crippen LogP contribution in [0.5, 0.6) is 0 Å². The number of para-hydroxylation sites is 1. The van der Waals surface area contributed by atoms with E-state index in [-0.39, 0.29) is 4.90 Å². The lowest BCUT2D eigenvalue weighted by atomic mass is 10.3. The standard InChI is InChI=1S/C12H14N4O2S2/c1-13-12-14-7-9(8-15-12)20(17,18)16-10-5-3-4-6-11(10)19-2/h3-8,16H,1-2H3,(H,13,14,15). The quantitative estimate of drug-likeness (QED) is 0.822. The van der Waals surface area contributed by atoms with Gasteiger partial charge in [0.1, 0.15) is 4.90 Å². The van der Waals surface area contributed by atoms with Crippen LogP contribution in [0.1, 0.15) is 0 Å². The second kappa shape index (κ2) is 6.10. The third-order valence-electron chi connectivity index (χ3n) is 2.51. The lowest BCUT2D eigenvalue weighted by molar-refractivity contribution is 0.600. The third kappa shape index (κ3) is 3.20. The molecule has 0 aliphatic rings. The SMILES string of the molecule is CNc1ncc(S(=O)(=O)Nc2ccccc2SC)cn1. The van der Waals surface area contributed by atoms with E-state index in [1.165, 1.54) is 24.2 Å². The first kappa shape index (κ1) is 14.6. The molecular weight excluding hydrogens is 296 g/mol. The number of thioether (sulfide) groups is 1. The number of hydrogen-bond acceptors (Lipinski definition) is 6. The van der Waals surface area contributed by atoms with Gasteiger partial charge in [-0.2, -0.15) is 0 Å². The van der Waals surface area contributed by atoms with Crippen LogP contribution in [-0.2, 0) is 10.0 Å². The number of nitrogens with zero attached hydrogens (tertiary/aromatic N) is 2. The van der Waals surface area contributed by atoms with Crippen molar-refractivity contribution in [2.45, 2.75) is 9.79 Å². The predicted octanol–water partition coefficient (Wildman–Crippen LogP) is 2.04. The summed E-state index contributed by atoms with van der Waals surface area (Å²) in [6, 6.07) is 7.20. The molecule has 0 aliphatic carbocycles. The fraction of sp³-hybridized carbons (Fsp3) is 0.167. The van der Waals surface area contributed by atoms with E-state index in [0.29, 0.717) is 11.6 Å². The molecule has 0 saturated heterocycles. The topological polar surface area (TPSA) is 84.0 Å². The summed E-state index contributed by atoms with van der Waals surface area (Å²) < 4.78 is 27.0. The molecule has 1 aromatic carbocycles. The van der Waals surface area contributed by atoms with Crippen LogP contribution < -0.4 is 10.0 Å². The molecule has 0 spiro atoms. The molecule has 1 heterocycles. The van der Waals surface area contributed by atoms with Crippen molar-refractivity contribution in [3.05, 3.63) is 36.7 Å². The van der Waals surface area contributed by atoms with E-state index in [0.717, 1.165) is 4.90 Å². The summed E-state index contributed by atoms with van der Waals surface area (Å²) in [6.45, 7) is 0. The highest BCUT2D eigenvalue weighted by Crippen LogP contribution is 2.26. The normalized spacial score (nSPS) is 11.1. The molecule has 0 radical (unpaired) electrons. The van der Waals surface area contributed by atoms with Crippen molar-refractivity contribution < 1.29 is 8.42 Å². The Morgan fingerprint density at radius 2 is 1.80 bits per heavy atom. The van der Waals surface area contributed by atoms with E-state index < -0.39 is 10.0 Å². The first-order valence-electron chi connectivity index (χ1n) is 5.72. The highest BCUT2D eigenvalue weighted by atomic mass is 32.2. The van der Waals surface area contributed by atoms with Crippen molar-refractivity contribution >= 4 is 33.4 Å². The van der Waals surface area contributed by atoms with E-state index >= 15 is 0 Å². The van der Waals surface area contributed by atoms with E-state index in [1.807, 2.05) is 18.4 Å². The molecule has 0 amide bonds. The molecule has 2 aromatic rings. The number of aromatic nitrogens is 2. The second-order valence-corrected chi connectivity index (χ2v) is 6.33. The zero-order valence-corrected chi connectivity index (χ0v) is 12.6. The largest absolute Gasteiger partial charge is 0.357 e. The maximum absolute atomic E-state index is 12.2. The summed E-state index contributed by atoms with van der Waals surface area (Å²) in [5.74, 6) is 0.369. The Hall–Kier alpha value is -1.80. The Kier molecular flexibility index (Phi) is 4.46. The molecule has 0 aliphatic heterocycles. The summed E-state index contributed by atoms with van der Waals surface area (Å²) in [5.41, 5.74) is 0.540. The molecule has 0 saturated carbocycles. The number of nitrogens with one attached hydrogen (secondary N) is 2. The molecule has 0 bridgehead atoms. The van der Waals surface area contributed by atoms with Crippen LogP contribution in [0.2, 0.25) is 0 Å². The summed E-state index contributed by atoms with van der Waals surface area (Å²) >= 11 is 1.47. The molecule has 0 fully saturated rings. The average molecular weight is 310 g/mol. The van der Waals surface area contributed by atoms with Gasteiger partial charge in [-0.15, -0.1) is 11.8 Å². The Morgan fingerprint density at radius 1 is 1.15 bits per heavy atom. The highest BCUT2D eigenvalue weighted by Gasteiger charge is 2.16. The summed E-state index contributed by atoms with van der Waals surface area (Å²) in [5, 5.41) is 2.73. The maximum Gasteiger partial charge on any atom is 0.265 e. The van der Waals surface area contributed by atoms with Gasteiger partial charge in [0.05, 0.1) is 18.1 Å². The van der Waals surface area contributed by atoms with Gasteiger partial charge < -0.3 is 5.32 Å². The van der Waals surface area contributed by atoms with Crippen molar-refractivity contribution in [3.63, 3.8) is 0 Å². The molecular formula is C12H14N4O2S2. The van der Waals surface area contributed by atoms with E-state index in [2.05, 4.69) is 20.0 Å². The van der Waals surface area contributed by atoms with Gasteiger partial charge in [0, 0.05) is 11.9 Å². The minimum atomic E-state index is -3.69. The van der Waals surface area contributed by atoms with Gasteiger partial charge in [0.25, 0.3) is 10.0 Å². The fourth-order valence-corrected chi connectivity index (χ4v) is 3.10. The Bertz CT molecular complexity index is 687. The van der Waals surface area contributed by atoms with Crippen molar-refractivity contribution in [3.8, 4) is 0 Å². The van der Waals surface area contributed by atoms with Crippen molar-refractivity contribution in [1.29, 1.82) is 0 Å². The molecule has 6 nitrogen and oxygen atoms in total. The lowest BCUT2D eigenvalue weighted by Crippen LogP contribution is -2.14. The van der Waals surface area contributed by atoms with Gasteiger partial charge in [-0.1, -0.05) is 12.1 Å². The monoisotopic (exact) mass is 310 g/mol. The van der Waals surface area contributed by atoms with E-state index in [9.17, 15) is 8.42 Å². The predicted molar refractivity (Wildman–Crippen MR) is 80.6 cm³/mol. The van der Waals surface area contributed by atoms with Gasteiger partial charge >= 0.3 is 0 Å². The van der Waals surface area contributed by atoms with E-state index in [1.54, 1.807) is 19.2 Å². The number of rotatable bonds is 5. The van der Waals surface area contributed by atoms with Crippen LogP contribution in [-0.4, -0.2) is 31.7 Å². The number of hydrogen-bond donors (Lipinski definition) is 2. The molecule has 8 heteroatoms. The van der Waals surface area contributed by atoms with Crippen LogP contribution >= 0.6 is 11.8 Å². The maximum atomic E-state index is 12.2. The van der Waals surface area contributed by atoms with Crippen LogP contribution in [0.4, 0.5) is 11.6 Å². The first-order chi connectivity index (χ1) is 9.56. The van der Waals surface area contributed by atoms with Gasteiger partial charge in [-0.25, -0.2) is 18.4 Å². The minimum Gasteiger partial charge on any atom is -0.357 e. The van der Waals surface area contributed by atoms with Crippen LogP contribution in [0.15, 0.2) is 46.5 Å².